The van der Waals surface area contributed by atoms with Crippen molar-refractivity contribution in [3.05, 3.63) is 53.3 Å². The predicted octanol–water partition coefficient (Wildman–Crippen LogP) is 4.02. The van der Waals surface area contributed by atoms with Crippen molar-refractivity contribution in [2.24, 2.45) is 5.92 Å². The molecule has 0 saturated carbocycles. The van der Waals surface area contributed by atoms with Crippen LogP contribution in [0, 0.1) is 19.8 Å². The molecule has 0 spiro atoms. The minimum absolute atomic E-state index is 0.198. The first-order chi connectivity index (χ1) is 10.5. The van der Waals surface area contributed by atoms with E-state index in [0.717, 1.165) is 23.5 Å². The first-order valence-corrected chi connectivity index (χ1v) is 7.54. The molecule has 2 N–H and O–H groups in total. The van der Waals surface area contributed by atoms with Gasteiger partial charge >= 0.3 is 0 Å². The number of hydrogen-bond acceptors (Lipinski definition) is 3. The summed E-state index contributed by atoms with van der Waals surface area (Å²) in [6, 6.07) is 9.52. The van der Waals surface area contributed by atoms with Crippen molar-refractivity contribution in [3.63, 3.8) is 0 Å². The third kappa shape index (κ3) is 4.32. The number of aryl methyl sites for hydroxylation is 2. The largest absolute Gasteiger partial charge is 0.385 e. The van der Waals surface area contributed by atoms with Gasteiger partial charge in [0.15, 0.2) is 0 Å². The lowest BCUT2D eigenvalue weighted by molar-refractivity contribution is 0.102. The lowest BCUT2D eigenvalue weighted by Gasteiger charge is -2.10. The van der Waals surface area contributed by atoms with Crippen LogP contribution in [0.5, 0.6) is 0 Å². The van der Waals surface area contributed by atoms with E-state index in [-0.39, 0.29) is 5.91 Å². The molecular weight excluding hydrogens is 274 g/mol. The van der Waals surface area contributed by atoms with Crippen LogP contribution >= 0.6 is 0 Å². The smallest absolute Gasteiger partial charge is 0.274 e. The third-order valence-corrected chi connectivity index (χ3v) is 3.47. The van der Waals surface area contributed by atoms with Gasteiger partial charge < -0.3 is 10.6 Å². The Labute approximate surface area is 132 Å². The number of carbonyl (C=O) groups excluding carboxylic acids is 1. The summed E-state index contributed by atoms with van der Waals surface area (Å²) in [6.07, 6.45) is 1.65. The molecule has 0 fully saturated rings. The lowest BCUT2D eigenvalue weighted by atomic mass is 10.1. The highest BCUT2D eigenvalue weighted by atomic mass is 16.1. The third-order valence-electron chi connectivity index (χ3n) is 3.47. The number of pyridine rings is 1. The molecule has 1 amide bonds. The van der Waals surface area contributed by atoms with Crippen molar-refractivity contribution in [1.29, 1.82) is 0 Å². The molecule has 22 heavy (non-hydrogen) atoms. The molecule has 0 saturated heterocycles. The fraction of sp³-hybridized carbons (Fsp3) is 0.333. The molecule has 4 nitrogen and oxygen atoms in total. The molecule has 1 heterocycles. The molecule has 2 rings (SSSR count). The van der Waals surface area contributed by atoms with E-state index in [1.54, 1.807) is 12.3 Å². The van der Waals surface area contributed by atoms with Crippen LogP contribution in [0.15, 0.2) is 36.5 Å². The monoisotopic (exact) mass is 297 g/mol. The fourth-order valence-electron chi connectivity index (χ4n) is 2.00. The van der Waals surface area contributed by atoms with Gasteiger partial charge in [-0.1, -0.05) is 19.9 Å². The predicted molar refractivity (Wildman–Crippen MR) is 91.4 cm³/mol. The van der Waals surface area contributed by atoms with Gasteiger partial charge in [-0.2, -0.15) is 0 Å². The molecule has 0 bridgehead atoms. The maximum Gasteiger partial charge on any atom is 0.274 e. The number of aromatic nitrogens is 1. The van der Waals surface area contributed by atoms with Gasteiger partial charge in [0.25, 0.3) is 5.91 Å². The molecule has 0 radical (unpaired) electrons. The maximum atomic E-state index is 12.3. The summed E-state index contributed by atoms with van der Waals surface area (Å²) < 4.78 is 0. The van der Waals surface area contributed by atoms with Crippen LogP contribution in [0.25, 0.3) is 0 Å². The summed E-state index contributed by atoms with van der Waals surface area (Å²) in [5, 5.41) is 6.19. The van der Waals surface area contributed by atoms with Crippen LogP contribution in [0.4, 0.5) is 11.4 Å². The molecule has 0 aliphatic carbocycles. The van der Waals surface area contributed by atoms with Gasteiger partial charge in [0.1, 0.15) is 5.69 Å². The second-order valence-electron chi connectivity index (χ2n) is 5.96. The number of anilines is 2. The Bertz CT molecular complexity index is 665. The Hall–Kier alpha value is -2.36. The highest BCUT2D eigenvalue weighted by molar-refractivity contribution is 6.03. The minimum Gasteiger partial charge on any atom is -0.385 e. The molecule has 0 aliphatic heterocycles. The van der Waals surface area contributed by atoms with Crippen molar-refractivity contribution in [3.8, 4) is 0 Å². The second-order valence-corrected chi connectivity index (χ2v) is 5.96. The average molecular weight is 297 g/mol. The molecule has 2 aromatic rings. The van der Waals surface area contributed by atoms with E-state index in [1.807, 2.05) is 38.1 Å². The number of hydrogen-bond donors (Lipinski definition) is 2. The highest BCUT2D eigenvalue weighted by Gasteiger charge is 2.09. The van der Waals surface area contributed by atoms with Gasteiger partial charge in [-0.25, -0.2) is 0 Å². The van der Waals surface area contributed by atoms with Crippen molar-refractivity contribution in [2.75, 3.05) is 17.2 Å². The van der Waals surface area contributed by atoms with E-state index in [1.165, 1.54) is 5.56 Å². The standard InChI is InChI=1S/C18H23N3O/c1-12(2)11-20-15-7-8-19-17(10-15)18(22)21-16-6-5-13(3)14(4)9-16/h5-10,12H,11H2,1-4H3,(H,19,20)(H,21,22). The average Bonchev–Trinajstić information content (AvgIpc) is 2.49. The normalized spacial score (nSPS) is 10.6. The number of rotatable bonds is 5. The Morgan fingerprint density at radius 3 is 2.55 bits per heavy atom. The van der Waals surface area contributed by atoms with E-state index >= 15 is 0 Å². The first-order valence-electron chi connectivity index (χ1n) is 7.54. The Morgan fingerprint density at radius 2 is 1.86 bits per heavy atom. The van der Waals surface area contributed by atoms with Crippen LogP contribution in [0.2, 0.25) is 0 Å². The zero-order valence-electron chi connectivity index (χ0n) is 13.6. The summed E-state index contributed by atoms with van der Waals surface area (Å²) in [5.41, 5.74) is 4.46. The zero-order valence-corrected chi connectivity index (χ0v) is 13.6. The number of nitrogens with one attached hydrogen (secondary N) is 2. The van der Waals surface area contributed by atoms with Gasteiger partial charge in [0.2, 0.25) is 0 Å². The molecule has 4 heteroatoms. The van der Waals surface area contributed by atoms with Crippen LogP contribution in [-0.2, 0) is 0 Å². The van der Waals surface area contributed by atoms with Crippen LogP contribution < -0.4 is 10.6 Å². The minimum atomic E-state index is -0.198. The topological polar surface area (TPSA) is 54.0 Å². The maximum absolute atomic E-state index is 12.3. The van der Waals surface area contributed by atoms with E-state index in [2.05, 4.69) is 29.5 Å². The highest BCUT2D eigenvalue weighted by Crippen LogP contribution is 2.16. The molecule has 1 aromatic carbocycles. The van der Waals surface area contributed by atoms with Gasteiger partial charge in [0, 0.05) is 24.1 Å². The van der Waals surface area contributed by atoms with Gasteiger partial charge in [-0.3, -0.25) is 9.78 Å². The summed E-state index contributed by atoms with van der Waals surface area (Å²) >= 11 is 0. The van der Waals surface area contributed by atoms with Crippen LogP contribution in [0.1, 0.15) is 35.5 Å². The SMILES string of the molecule is Cc1ccc(NC(=O)c2cc(NCC(C)C)ccn2)cc1C. The first kappa shape index (κ1) is 16.0. The molecular formula is C18H23N3O. The summed E-state index contributed by atoms with van der Waals surface area (Å²) in [6.45, 7) is 9.22. The van der Waals surface area contributed by atoms with E-state index < -0.39 is 0 Å². The second kappa shape index (κ2) is 7.07. The Balaban J connectivity index is 2.08. The Kier molecular flexibility index (Phi) is 5.15. The molecule has 0 atom stereocenters. The van der Waals surface area contributed by atoms with Crippen molar-refractivity contribution < 1.29 is 4.79 Å². The summed E-state index contributed by atoms with van der Waals surface area (Å²) in [7, 11) is 0. The number of nitrogens with zero attached hydrogens (tertiary/aromatic N) is 1. The van der Waals surface area contributed by atoms with Crippen LogP contribution in [0.3, 0.4) is 0 Å². The zero-order chi connectivity index (χ0) is 16.1. The lowest BCUT2D eigenvalue weighted by Crippen LogP contribution is -2.15. The number of carbonyl (C=O) groups is 1. The molecule has 0 aliphatic rings. The molecule has 1 aromatic heterocycles. The van der Waals surface area contributed by atoms with Gasteiger partial charge in [-0.15, -0.1) is 0 Å². The van der Waals surface area contributed by atoms with Gasteiger partial charge in [-0.05, 0) is 55.2 Å². The van der Waals surface area contributed by atoms with E-state index in [9.17, 15) is 4.79 Å². The molecule has 0 unspecified atom stereocenters. The summed E-state index contributed by atoms with van der Waals surface area (Å²) in [4.78, 5) is 16.4. The van der Waals surface area contributed by atoms with Crippen LogP contribution in [-0.4, -0.2) is 17.4 Å². The van der Waals surface area contributed by atoms with E-state index in [0.29, 0.717) is 11.6 Å². The van der Waals surface area contributed by atoms with Crippen molar-refractivity contribution in [2.45, 2.75) is 27.7 Å². The van der Waals surface area contributed by atoms with Crippen molar-refractivity contribution >= 4 is 17.3 Å². The fourth-order valence-corrected chi connectivity index (χ4v) is 2.00. The summed E-state index contributed by atoms with van der Waals surface area (Å²) in [5.74, 6) is 0.345. The Morgan fingerprint density at radius 1 is 1.09 bits per heavy atom. The molecule has 116 valence electrons. The number of benzene rings is 1. The quantitative estimate of drug-likeness (QED) is 0.876. The van der Waals surface area contributed by atoms with Gasteiger partial charge in [0.05, 0.1) is 0 Å². The number of amides is 1. The van der Waals surface area contributed by atoms with E-state index in [4.69, 9.17) is 0 Å². The van der Waals surface area contributed by atoms with Crippen molar-refractivity contribution in [1.82, 2.24) is 4.98 Å².